The minimum atomic E-state index is 0.0330. The minimum absolute atomic E-state index is 0.0330. The number of piperazine rings is 1. The highest BCUT2D eigenvalue weighted by Crippen LogP contribution is 2.22. The Hall–Kier alpha value is -1.61. The number of hydrogen-bond donors (Lipinski definition) is 0. The molecule has 1 amide bonds. The minimum Gasteiger partial charge on any atom is -0.343 e. The van der Waals surface area contributed by atoms with Crippen LogP contribution in [-0.4, -0.2) is 56.8 Å². The number of carbonyl (C=O) groups excluding carboxylic acids is 1. The summed E-state index contributed by atoms with van der Waals surface area (Å²) < 4.78 is 3.82. The lowest BCUT2D eigenvalue weighted by Crippen LogP contribution is -2.48. The summed E-state index contributed by atoms with van der Waals surface area (Å²) in [5.74, 6) is 0.0330. The summed E-state index contributed by atoms with van der Waals surface area (Å²) in [7, 11) is 0. The van der Waals surface area contributed by atoms with Crippen LogP contribution >= 0.6 is 22.9 Å². The molecule has 20 heavy (non-hydrogen) atoms. The van der Waals surface area contributed by atoms with Crippen LogP contribution in [0.4, 0.5) is 5.13 Å². The molecule has 2 aromatic rings. The zero-order chi connectivity index (χ0) is 14.1. The van der Waals surface area contributed by atoms with Gasteiger partial charge in [-0.25, -0.2) is 0 Å². The Morgan fingerprint density at radius 1 is 1.10 bits per heavy atom. The first-order chi connectivity index (χ1) is 9.65. The molecule has 3 heterocycles. The van der Waals surface area contributed by atoms with Gasteiger partial charge in [-0.1, -0.05) is 15.8 Å². The van der Waals surface area contributed by atoms with Gasteiger partial charge in [-0.15, -0.1) is 15.3 Å². The number of aromatic nitrogens is 4. The normalized spacial score (nSPS) is 15.7. The first-order valence-electron chi connectivity index (χ1n) is 6.28. The van der Waals surface area contributed by atoms with Gasteiger partial charge >= 0.3 is 0 Å². The summed E-state index contributed by atoms with van der Waals surface area (Å²) in [6.45, 7) is 6.71. The van der Waals surface area contributed by atoms with E-state index >= 15 is 0 Å². The molecule has 1 aliphatic rings. The Bertz CT molecular complexity index is 616. The molecule has 0 unspecified atom stereocenters. The molecule has 1 fully saturated rings. The van der Waals surface area contributed by atoms with E-state index in [0.29, 0.717) is 23.7 Å². The molecule has 1 aliphatic heterocycles. The van der Waals surface area contributed by atoms with Crippen molar-refractivity contribution in [3.05, 3.63) is 15.6 Å². The van der Waals surface area contributed by atoms with E-state index in [2.05, 4.69) is 24.7 Å². The summed E-state index contributed by atoms with van der Waals surface area (Å²) in [4.78, 5) is 17.0. The Morgan fingerprint density at radius 2 is 1.85 bits per heavy atom. The largest absolute Gasteiger partial charge is 0.343 e. The number of anilines is 1. The molecule has 0 aromatic carbocycles. The molecule has 0 atom stereocenters. The zero-order valence-electron chi connectivity index (χ0n) is 11.2. The summed E-state index contributed by atoms with van der Waals surface area (Å²) in [5.41, 5.74) is 0.710. The molecule has 2 aromatic heterocycles. The predicted octanol–water partition coefficient (Wildman–Crippen LogP) is 0.969. The van der Waals surface area contributed by atoms with Crippen LogP contribution < -0.4 is 4.90 Å². The molecule has 106 valence electrons. The Labute approximate surface area is 124 Å². The van der Waals surface area contributed by atoms with E-state index < -0.39 is 0 Å². The van der Waals surface area contributed by atoms with Gasteiger partial charge in [0.1, 0.15) is 9.88 Å². The van der Waals surface area contributed by atoms with E-state index in [9.17, 15) is 4.79 Å². The molecule has 0 spiro atoms. The van der Waals surface area contributed by atoms with Crippen LogP contribution in [0.3, 0.4) is 0 Å². The molecule has 0 bridgehead atoms. The fourth-order valence-electron chi connectivity index (χ4n) is 2.09. The number of aryl methyl sites for hydroxylation is 2. The highest BCUT2D eigenvalue weighted by Gasteiger charge is 2.26. The number of nitrogens with zero attached hydrogens (tertiary/aromatic N) is 6. The van der Waals surface area contributed by atoms with Crippen molar-refractivity contribution >= 4 is 33.9 Å². The summed E-state index contributed by atoms with van der Waals surface area (Å²) in [6, 6.07) is 0. The van der Waals surface area contributed by atoms with Crippen molar-refractivity contribution in [2.45, 2.75) is 13.8 Å². The first kappa shape index (κ1) is 13.4. The Kier molecular flexibility index (Phi) is 3.62. The van der Waals surface area contributed by atoms with E-state index in [4.69, 9.17) is 0 Å². The molecular formula is C11H14N6OS2. The molecule has 0 aliphatic carbocycles. The zero-order valence-corrected chi connectivity index (χ0v) is 12.9. The maximum absolute atomic E-state index is 12.3. The van der Waals surface area contributed by atoms with Crippen molar-refractivity contribution in [2.24, 2.45) is 0 Å². The van der Waals surface area contributed by atoms with Crippen LogP contribution in [-0.2, 0) is 0 Å². The van der Waals surface area contributed by atoms with Gasteiger partial charge in [0.05, 0.1) is 5.69 Å². The van der Waals surface area contributed by atoms with Crippen LogP contribution in [0.5, 0.6) is 0 Å². The van der Waals surface area contributed by atoms with E-state index in [1.165, 1.54) is 11.5 Å². The van der Waals surface area contributed by atoms with E-state index in [1.807, 2.05) is 18.7 Å². The monoisotopic (exact) mass is 310 g/mol. The lowest BCUT2D eigenvalue weighted by molar-refractivity contribution is 0.0750. The summed E-state index contributed by atoms with van der Waals surface area (Å²) in [6.07, 6.45) is 0. The second-order valence-electron chi connectivity index (χ2n) is 4.57. The Morgan fingerprint density at radius 3 is 2.40 bits per heavy atom. The highest BCUT2D eigenvalue weighted by molar-refractivity contribution is 7.15. The average Bonchev–Trinajstić information content (AvgIpc) is 3.07. The third-order valence-corrected chi connectivity index (χ3v) is 4.91. The van der Waals surface area contributed by atoms with Crippen molar-refractivity contribution in [1.29, 1.82) is 0 Å². The van der Waals surface area contributed by atoms with Gasteiger partial charge in [0.25, 0.3) is 5.91 Å². The van der Waals surface area contributed by atoms with Crippen LogP contribution in [0.1, 0.15) is 20.4 Å². The standard InChI is InChI=1S/C11H14N6OS2/c1-7-9(20-15-12-7)10(18)16-3-5-17(6-4-16)11-14-13-8(2)19-11/h3-6H2,1-2H3. The number of carbonyl (C=O) groups is 1. The third kappa shape index (κ3) is 2.50. The maximum atomic E-state index is 12.3. The van der Waals surface area contributed by atoms with Gasteiger partial charge < -0.3 is 9.80 Å². The van der Waals surface area contributed by atoms with E-state index in [0.717, 1.165) is 23.2 Å². The van der Waals surface area contributed by atoms with Gasteiger partial charge in [-0.05, 0) is 25.4 Å². The van der Waals surface area contributed by atoms with Crippen LogP contribution in [0.15, 0.2) is 0 Å². The smallest absolute Gasteiger partial charge is 0.267 e. The van der Waals surface area contributed by atoms with Crippen LogP contribution in [0.2, 0.25) is 0 Å². The molecule has 9 heteroatoms. The first-order valence-corrected chi connectivity index (χ1v) is 7.87. The molecule has 7 nitrogen and oxygen atoms in total. The quantitative estimate of drug-likeness (QED) is 0.823. The fourth-order valence-corrected chi connectivity index (χ4v) is 3.45. The lowest BCUT2D eigenvalue weighted by Gasteiger charge is -2.34. The predicted molar refractivity (Wildman–Crippen MR) is 77.4 cm³/mol. The van der Waals surface area contributed by atoms with Gasteiger partial charge in [0.15, 0.2) is 0 Å². The van der Waals surface area contributed by atoms with Gasteiger partial charge in [0.2, 0.25) is 5.13 Å². The highest BCUT2D eigenvalue weighted by atomic mass is 32.1. The van der Waals surface area contributed by atoms with Crippen molar-refractivity contribution in [3.63, 3.8) is 0 Å². The van der Waals surface area contributed by atoms with Crippen molar-refractivity contribution < 1.29 is 4.79 Å². The van der Waals surface area contributed by atoms with Crippen LogP contribution in [0, 0.1) is 13.8 Å². The molecular weight excluding hydrogens is 296 g/mol. The Balaban J connectivity index is 1.64. The number of hydrogen-bond acceptors (Lipinski definition) is 8. The molecule has 0 radical (unpaired) electrons. The molecule has 0 saturated carbocycles. The van der Waals surface area contributed by atoms with Crippen LogP contribution in [0.25, 0.3) is 0 Å². The second kappa shape index (κ2) is 5.41. The second-order valence-corrected chi connectivity index (χ2v) is 6.48. The van der Waals surface area contributed by atoms with E-state index in [1.54, 1.807) is 11.3 Å². The van der Waals surface area contributed by atoms with Crippen molar-refractivity contribution in [2.75, 3.05) is 31.1 Å². The topological polar surface area (TPSA) is 75.1 Å². The molecule has 0 N–H and O–H groups in total. The molecule has 1 saturated heterocycles. The van der Waals surface area contributed by atoms with Crippen molar-refractivity contribution in [3.8, 4) is 0 Å². The lowest BCUT2D eigenvalue weighted by atomic mass is 10.3. The number of rotatable bonds is 2. The van der Waals surface area contributed by atoms with E-state index in [-0.39, 0.29) is 5.91 Å². The fraction of sp³-hybridized carbons (Fsp3) is 0.545. The average molecular weight is 310 g/mol. The maximum Gasteiger partial charge on any atom is 0.267 e. The summed E-state index contributed by atoms with van der Waals surface area (Å²) >= 11 is 2.75. The summed E-state index contributed by atoms with van der Waals surface area (Å²) in [5, 5.41) is 14.0. The molecule has 3 rings (SSSR count). The van der Waals surface area contributed by atoms with Gasteiger partial charge in [-0.2, -0.15) is 0 Å². The third-order valence-electron chi connectivity index (χ3n) is 3.20. The number of amides is 1. The van der Waals surface area contributed by atoms with Gasteiger partial charge in [0, 0.05) is 26.2 Å². The van der Waals surface area contributed by atoms with Crippen molar-refractivity contribution in [1.82, 2.24) is 24.7 Å². The van der Waals surface area contributed by atoms with Gasteiger partial charge in [-0.3, -0.25) is 4.79 Å². The SMILES string of the molecule is Cc1nnc(N2CCN(C(=O)c3snnc3C)CC2)s1.